The van der Waals surface area contributed by atoms with E-state index in [4.69, 9.17) is 0 Å². The van der Waals surface area contributed by atoms with E-state index >= 15 is 0 Å². The van der Waals surface area contributed by atoms with E-state index in [0.29, 0.717) is 39.4 Å². The number of anilines is 2. The van der Waals surface area contributed by atoms with Crippen molar-refractivity contribution in [1.82, 2.24) is 15.0 Å². The van der Waals surface area contributed by atoms with Crippen molar-refractivity contribution in [2.24, 2.45) is 0 Å². The highest BCUT2D eigenvalue weighted by molar-refractivity contribution is 5.94. The SMILES string of the molecule is Fc1ccc(-c2ccc3c(Nc4ccc(F)c(F)c4)nc(-c4cccnc4)nc3c2)c(F)c1. The minimum atomic E-state index is -1.00. The first-order valence-corrected chi connectivity index (χ1v) is 9.87. The Morgan fingerprint density at radius 1 is 0.697 bits per heavy atom. The second kappa shape index (κ2) is 8.31. The zero-order valence-electron chi connectivity index (χ0n) is 16.9. The Labute approximate surface area is 185 Å². The number of hydrogen-bond acceptors (Lipinski definition) is 4. The van der Waals surface area contributed by atoms with Gasteiger partial charge in [0, 0.05) is 46.7 Å². The van der Waals surface area contributed by atoms with Crippen molar-refractivity contribution in [3.8, 4) is 22.5 Å². The van der Waals surface area contributed by atoms with Crippen LogP contribution in [-0.2, 0) is 0 Å². The zero-order valence-corrected chi connectivity index (χ0v) is 16.9. The van der Waals surface area contributed by atoms with E-state index in [9.17, 15) is 17.6 Å². The van der Waals surface area contributed by atoms with E-state index in [1.165, 1.54) is 18.2 Å². The Morgan fingerprint density at radius 3 is 2.33 bits per heavy atom. The van der Waals surface area contributed by atoms with Gasteiger partial charge in [-0.15, -0.1) is 0 Å². The molecule has 33 heavy (non-hydrogen) atoms. The van der Waals surface area contributed by atoms with Crippen LogP contribution in [0.1, 0.15) is 0 Å². The molecule has 0 atom stereocenters. The lowest BCUT2D eigenvalue weighted by molar-refractivity contribution is 0.509. The third kappa shape index (κ3) is 4.10. The van der Waals surface area contributed by atoms with E-state index in [0.717, 1.165) is 18.2 Å². The van der Waals surface area contributed by atoms with Gasteiger partial charge in [-0.25, -0.2) is 27.5 Å². The molecular weight excluding hydrogens is 432 g/mol. The molecule has 0 spiro atoms. The lowest BCUT2D eigenvalue weighted by Gasteiger charge is -2.13. The van der Waals surface area contributed by atoms with Crippen LogP contribution in [0.15, 0.2) is 79.1 Å². The maximum atomic E-state index is 14.4. The van der Waals surface area contributed by atoms with Gasteiger partial charge < -0.3 is 5.32 Å². The number of pyridine rings is 1. The Balaban J connectivity index is 1.68. The molecule has 0 fully saturated rings. The van der Waals surface area contributed by atoms with Crippen LogP contribution in [0.2, 0.25) is 0 Å². The molecule has 0 aliphatic rings. The summed E-state index contributed by atoms with van der Waals surface area (Å²) >= 11 is 0. The summed E-state index contributed by atoms with van der Waals surface area (Å²) in [6.07, 6.45) is 3.20. The van der Waals surface area contributed by atoms with Crippen molar-refractivity contribution in [1.29, 1.82) is 0 Å². The molecule has 2 aromatic heterocycles. The van der Waals surface area contributed by atoms with Crippen molar-refractivity contribution in [3.05, 3.63) is 102 Å². The molecule has 0 aliphatic carbocycles. The van der Waals surface area contributed by atoms with Gasteiger partial charge in [0.15, 0.2) is 17.5 Å². The molecular formula is C25H14F4N4. The van der Waals surface area contributed by atoms with Gasteiger partial charge in [0.2, 0.25) is 0 Å². The Kier molecular flexibility index (Phi) is 5.18. The molecule has 0 aliphatic heterocycles. The first-order valence-electron chi connectivity index (χ1n) is 9.87. The minimum Gasteiger partial charge on any atom is -0.340 e. The molecule has 3 aromatic carbocycles. The van der Waals surface area contributed by atoms with Crippen LogP contribution < -0.4 is 5.32 Å². The van der Waals surface area contributed by atoms with E-state index in [-0.39, 0.29) is 5.56 Å². The van der Waals surface area contributed by atoms with Crippen molar-refractivity contribution in [2.45, 2.75) is 0 Å². The number of aromatic nitrogens is 3. The number of halogens is 4. The summed E-state index contributed by atoms with van der Waals surface area (Å²) in [5.41, 5.74) is 2.10. The van der Waals surface area contributed by atoms with Gasteiger partial charge in [-0.2, -0.15) is 0 Å². The quantitative estimate of drug-likeness (QED) is 0.314. The number of nitrogens with one attached hydrogen (secondary N) is 1. The average molecular weight is 446 g/mol. The minimum absolute atomic E-state index is 0.218. The van der Waals surface area contributed by atoms with Crippen LogP contribution in [0, 0.1) is 23.3 Å². The summed E-state index contributed by atoms with van der Waals surface area (Å²) in [5.74, 6) is -2.66. The van der Waals surface area contributed by atoms with Gasteiger partial charge in [-0.3, -0.25) is 4.98 Å². The predicted molar refractivity (Wildman–Crippen MR) is 118 cm³/mol. The second-order valence-electron chi connectivity index (χ2n) is 7.25. The lowest BCUT2D eigenvalue weighted by atomic mass is 10.0. The summed E-state index contributed by atoms with van der Waals surface area (Å²) in [6.45, 7) is 0. The fraction of sp³-hybridized carbons (Fsp3) is 0. The normalized spacial score (nSPS) is 11.0. The molecule has 0 bridgehead atoms. The monoisotopic (exact) mass is 446 g/mol. The van der Waals surface area contributed by atoms with Gasteiger partial charge in [-0.05, 0) is 54.1 Å². The van der Waals surface area contributed by atoms with E-state index in [1.54, 1.807) is 42.7 Å². The molecule has 4 nitrogen and oxygen atoms in total. The number of rotatable bonds is 4. The molecule has 1 N–H and O–H groups in total. The topological polar surface area (TPSA) is 50.7 Å². The maximum Gasteiger partial charge on any atom is 0.163 e. The van der Waals surface area contributed by atoms with Gasteiger partial charge in [-0.1, -0.05) is 6.07 Å². The van der Waals surface area contributed by atoms with Gasteiger partial charge in [0.05, 0.1) is 5.52 Å². The van der Waals surface area contributed by atoms with Crippen LogP contribution in [0.5, 0.6) is 0 Å². The van der Waals surface area contributed by atoms with E-state index in [2.05, 4.69) is 20.3 Å². The van der Waals surface area contributed by atoms with E-state index < -0.39 is 23.3 Å². The summed E-state index contributed by atoms with van der Waals surface area (Å²) in [7, 11) is 0. The summed E-state index contributed by atoms with van der Waals surface area (Å²) in [4.78, 5) is 13.2. The van der Waals surface area contributed by atoms with Crippen LogP contribution in [0.25, 0.3) is 33.4 Å². The summed E-state index contributed by atoms with van der Waals surface area (Å²) in [5, 5.41) is 3.57. The fourth-order valence-electron chi connectivity index (χ4n) is 3.45. The molecule has 162 valence electrons. The first-order chi connectivity index (χ1) is 16.0. The number of benzene rings is 3. The summed E-state index contributed by atoms with van der Waals surface area (Å²) < 4.78 is 54.8. The van der Waals surface area contributed by atoms with Gasteiger partial charge in [0.1, 0.15) is 17.5 Å². The third-order valence-electron chi connectivity index (χ3n) is 5.04. The Morgan fingerprint density at radius 2 is 1.58 bits per heavy atom. The molecule has 0 saturated heterocycles. The zero-order chi connectivity index (χ0) is 22.9. The highest BCUT2D eigenvalue weighted by Crippen LogP contribution is 2.32. The van der Waals surface area contributed by atoms with E-state index in [1.807, 2.05) is 0 Å². The predicted octanol–water partition coefficient (Wildman–Crippen LogP) is 6.66. The molecule has 5 rings (SSSR count). The molecule has 0 saturated carbocycles. The van der Waals surface area contributed by atoms with Crippen LogP contribution in [-0.4, -0.2) is 15.0 Å². The molecule has 2 heterocycles. The Hall–Kier alpha value is -4.33. The molecule has 0 radical (unpaired) electrons. The lowest BCUT2D eigenvalue weighted by Crippen LogP contribution is -2.00. The third-order valence-corrected chi connectivity index (χ3v) is 5.04. The number of nitrogens with zero attached hydrogens (tertiary/aromatic N) is 3. The van der Waals surface area contributed by atoms with Crippen LogP contribution >= 0.6 is 0 Å². The average Bonchev–Trinajstić information content (AvgIpc) is 2.81. The first kappa shape index (κ1) is 20.6. The van der Waals surface area contributed by atoms with Gasteiger partial charge in [0.25, 0.3) is 0 Å². The maximum absolute atomic E-state index is 14.4. The standard InChI is InChI=1S/C25H14F4N4/c26-16-4-7-18(21(28)11-16)14-3-6-19-23(10-14)32-24(15-2-1-9-30-13-15)33-25(19)31-17-5-8-20(27)22(29)12-17/h1-13H,(H,31,32,33). The van der Waals surface area contributed by atoms with Crippen LogP contribution in [0.3, 0.4) is 0 Å². The highest BCUT2D eigenvalue weighted by Gasteiger charge is 2.14. The molecule has 0 amide bonds. The van der Waals surface area contributed by atoms with Crippen molar-refractivity contribution in [3.63, 3.8) is 0 Å². The number of hydrogen-bond donors (Lipinski definition) is 1. The molecule has 5 aromatic rings. The van der Waals surface area contributed by atoms with Crippen molar-refractivity contribution < 1.29 is 17.6 Å². The Bertz CT molecular complexity index is 1490. The molecule has 8 heteroatoms. The van der Waals surface area contributed by atoms with Crippen molar-refractivity contribution >= 4 is 22.4 Å². The fourth-order valence-corrected chi connectivity index (χ4v) is 3.45. The highest BCUT2D eigenvalue weighted by atomic mass is 19.2. The van der Waals surface area contributed by atoms with Crippen molar-refractivity contribution in [2.75, 3.05) is 5.32 Å². The van der Waals surface area contributed by atoms with Gasteiger partial charge >= 0.3 is 0 Å². The molecule has 0 unspecified atom stereocenters. The van der Waals surface area contributed by atoms with Crippen LogP contribution in [0.4, 0.5) is 29.1 Å². The number of fused-ring (bicyclic) bond motifs is 1. The summed E-state index contributed by atoms with van der Waals surface area (Å²) in [6, 6.07) is 15.3. The second-order valence-corrected chi connectivity index (χ2v) is 7.25. The smallest absolute Gasteiger partial charge is 0.163 e. The largest absolute Gasteiger partial charge is 0.340 e.